The summed E-state index contributed by atoms with van der Waals surface area (Å²) in [6.07, 6.45) is 3.00. The first-order valence-corrected chi connectivity index (χ1v) is 19.6. The van der Waals surface area contributed by atoms with E-state index in [-0.39, 0.29) is 37.8 Å². The summed E-state index contributed by atoms with van der Waals surface area (Å²) in [5.41, 5.74) is 1.42. The number of amides is 6. The van der Waals surface area contributed by atoms with Gasteiger partial charge in [-0.1, -0.05) is 49.4 Å². The fourth-order valence-corrected chi connectivity index (χ4v) is 8.26. The fourth-order valence-electron chi connectivity index (χ4n) is 8.26. The number of methoxy groups -OCH3 is 1. The Hall–Kier alpha value is -5.47. The average Bonchev–Trinajstić information content (AvgIpc) is 3.85. The van der Waals surface area contributed by atoms with Crippen LogP contribution in [0, 0.1) is 5.92 Å². The average molecular weight is 773 g/mol. The summed E-state index contributed by atoms with van der Waals surface area (Å²) in [7, 11) is 1.53. The highest BCUT2D eigenvalue weighted by Gasteiger charge is 2.46. The maximum Gasteiger partial charge on any atom is 0.328 e. The lowest BCUT2D eigenvalue weighted by Crippen LogP contribution is -2.62. The Kier molecular flexibility index (Phi) is 12.9. The first-order chi connectivity index (χ1) is 26.9. The van der Waals surface area contributed by atoms with E-state index in [4.69, 9.17) is 9.47 Å². The molecule has 4 saturated heterocycles. The number of hydrogen-bond donors (Lipinski definition) is 3. The number of fused-ring (bicyclic) bond motifs is 3. The second-order valence-corrected chi connectivity index (χ2v) is 15.3. The molecule has 0 aromatic heterocycles. The molecule has 2 aromatic rings. The monoisotopic (exact) mass is 772 g/mol. The molecule has 6 amide bonds. The van der Waals surface area contributed by atoms with E-state index in [1.54, 1.807) is 31.2 Å². The molecule has 0 spiro atoms. The van der Waals surface area contributed by atoms with E-state index in [9.17, 15) is 33.6 Å². The van der Waals surface area contributed by atoms with Gasteiger partial charge < -0.3 is 40.1 Å². The smallest absolute Gasteiger partial charge is 0.328 e. The number of nitrogens with one attached hydrogen (secondary N) is 3. The van der Waals surface area contributed by atoms with Gasteiger partial charge in [0, 0.05) is 26.1 Å². The van der Waals surface area contributed by atoms with Crippen molar-refractivity contribution in [2.24, 2.45) is 5.92 Å². The molecule has 1 unspecified atom stereocenters. The van der Waals surface area contributed by atoms with Gasteiger partial charge in [0.1, 0.15) is 48.6 Å². The molecule has 6 rings (SSSR count). The van der Waals surface area contributed by atoms with E-state index < -0.39 is 78.4 Å². The van der Waals surface area contributed by atoms with Gasteiger partial charge in [0.15, 0.2) is 0 Å². The number of nitrogens with zero attached hydrogens (tertiary/aromatic N) is 3. The molecule has 4 aliphatic rings. The summed E-state index contributed by atoms with van der Waals surface area (Å²) >= 11 is 0. The van der Waals surface area contributed by atoms with Gasteiger partial charge in [0.2, 0.25) is 35.4 Å². The van der Waals surface area contributed by atoms with Crippen LogP contribution in [0.3, 0.4) is 0 Å². The normalized spacial score (nSPS) is 26.7. The summed E-state index contributed by atoms with van der Waals surface area (Å²) in [6, 6.07) is 9.88. The molecule has 7 atom stereocenters. The molecule has 3 N–H and O–H groups in total. The number of hydrogen-bond acceptors (Lipinski definition) is 9. The molecule has 0 saturated carbocycles. The molecule has 15 nitrogen and oxygen atoms in total. The van der Waals surface area contributed by atoms with Crippen LogP contribution in [0.5, 0.6) is 5.75 Å². The van der Waals surface area contributed by atoms with Gasteiger partial charge in [-0.15, -0.1) is 0 Å². The Bertz CT molecular complexity index is 1810. The van der Waals surface area contributed by atoms with E-state index in [0.717, 1.165) is 5.56 Å². The highest BCUT2D eigenvalue weighted by molar-refractivity contribution is 5.98. The molecule has 4 heterocycles. The predicted molar refractivity (Wildman–Crippen MR) is 203 cm³/mol. The van der Waals surface area contributed by atoms with Crippen molar-refractivity contribution < 1.29 is 43.0 Å². The summed E-state index contributed by atoms with van der Waals surface area (Å²) in [4.78, 5) is 102. The molecule has 4 aliphatic heterocycles. The van der Waals surface area contributed by atoms with Gasteiger partial charge >= 0.3 is 5.97 Å². The van der Waals surface area contributed by atoms with Crippen molar-refractivity contribution in [2.45, 2.75) is 101 Å². The molecular weight excluding hydrogens is 720 g/mol. The maximum absolute atomic E-state index is 14.5. The molecule has 4 fully saturated rings. The Morgan fingerprint density at radius 1 is 0.839 bits per heavy atom. The van der Waals surface area contributed by atoms with Crippen molar-refractivity contribution in [3.8, 4) is 5.75 Å². The molecule has 300 valence electrons. The molecule has 0 radical (unpaired) electrons. The standard InChI is InChI=1S/C41H52N6O9/c1-25-19-34-41(54)56-24-31(44-36(49)30(21-27-11-5-4-6-12-27)43-35(48)22-28-13-9-14-29(20-28)55-3)39(52)46-18-10-16-33(46)40(53)45-17-8-7-15-32(45)37(50)42-26(2)38(51)47(34)23-25/h4-6,9,11-14,20,25-26,30-34H,7-8,10,15-19,21-24H2,1-3H3,(H,42,50)(H,43,48)(H,44,49)/t25-,26+,30+,31+,32+,33+,34?/m1/s1. The van der Waals surface area contributed by atoms with Crippen molar-refractivity contribution in [3.63, 3.8) is 0 Å². The first kappa shape index (κ1) is 40.2. The number of benzene rings is 2. The lowest BCUT2D eigenvalue weighted by molar-refractivity contribution is -0.158. The second-order valence-electron chi connectivity index (χ2n) is 15.3. The second kappa shape index (κ2) is 18.0. The Balaban J connectivity index is 1.29. The van der Waals surface area contributed by atoms with Crippen LogP contribution >= 0.6 is 0 Å². The summed E-state index contributed by atoms with van der Waals surface area (Å²) in [5, 5.41) is 8.38. The highest BCUT2D eigenvalue weighted by Crippen LogP contribution is 2.28. The van der Waals surface area contributed by atoms with Crippen LogP contribution in [0.15, 0.2) is 54.6 Å². The van der Waals surface area contributed by atoms with Gasteiger partial charge in [-0.3, -0.25) is 28.8 Å². The van der Waals surface area contributed by atoms with Crippen LogP contribution in [0.25, 0.3) is 0 Å². The van der Waals surface area contributed by atoms with Crippen LogP contribution in [-0.2, 0) is 51.1 Å². The largest absolute Gasteiger partial charge is 0.497 e. The Morgan fingerprint density at radius 2 is 1.55 bits per heavy atom. The third-order valence-electron chi connectivity index (χ3n) is 11.1. The van der Waals surface area contributed by atoms with Gasteiger partial charge in [0.25, 0.3) is 0 Å². The minimum atomic E-state index is -1.43. The number of esters is 1. The van der Waals surface area contributed by atoms with Crippen molar-refractivity contribution in [1.29, 1.82) is 0 Å². The van der Waals surface area contributed by atoms with Crippen LogP contribution in [-0.4, -0.2) is 126 Å². The summed E-state index contributed by atoms with van der Waals surface area (Å²) in [5.74, 6) is -3.28. The zero-order chi connectivity index (χ0) is 39.9. The van der Waals surface area contributed by atoms with Crippen LogP contribution in [0.1, 0.15) is 63.5 Å². The molecule has 15 heteroatoms. The predicted octanol–water partition coefficient (Wildman–Crippen LogP) is 1.12. The Labute approximate surface area is 326 Å². The molecule has 0 aliphatic carbocycles. The van der Waals surface area contributed by atoms with Crippen molar-refractivity contribution >= 4 is 41.4 Å². The van der Waals surface area contributed by atoms with E-state index in [0.29, 0.717) is 56.4 Å². The lowest BCUT2D eigenvalue weighted by Gasteiger charge is -2.39. The third-order valence-corrected chi connectivity index (χ3v) is 11.1. The van der Waals surface area contributed by atoms with Gasteiger partial charge in [-0.05, 0) is 74.6 Å². The minimum absolute atomic E-state index is 0.0452. The van der Waals surface area contributed by atoms with Crippen LogP contribution < -0.4 is 20.7 Å². The van der Waals surface area contributed by atoms with Gasteiger partial charge in [-0.25, -0.2) is 4.79 Å². The molecule has 2 aromatic carbocycles. The van der Waals surface area contributed by atoms with E-state index >= 15 is 0 Å². The van der Waals surface area contributed by atoms with Crippen molar-refractivity contribution in [1.82, 2.24) is 30.7 Å². The number of rotatable bonds is 8. The van der Waals surface area contributed by atoms with Crippen LogP contribution in [0.2, 0.25) is 0 Å². The van der Waals surface area contributed by atoms with Crippen molar-refractivity contribution in [2.75, 3.05) is 33.4 Å². The minimum Gasteiger partial charge on any atom is -0.497 e. The molecular formula is C41H52N6O9. The number of carbonyl (C=O) groups excluding carboxylic acids is 7. The van der Waals surface area contributed by atoms with Gasteiger partial charge in [-0.2, -0.15) is 0 Å². The van der Waals surface area contributed by atoms with E-state index in [1.165, 1.54) is 21.8 Å². The lowest BCUT2D eigenvalue weighted by atomic mass is 9.99. The highest BCUT2D eigenvalue weighted by atomic mass is 16.5. The summed E-state index contributed by atoms with van der Waals surface area (Å²) in [6.45, 7) is 3.69. The third kappa shape index (κ3) is 9.31. The van der Waals surface area contributed by atoms with Crippen LogP contribution in [0.4, 0.5) is 0 Å². The SMILES string of the molecule is COc1cccc(CC(=O)N[C@@H](Cc2ccccc2)C(=O)N[C@H]2COC(=O)C3C[C@@H](C)CN3C(=O)[C@H](C)NC(=O)[C@@H]3CCCCN3C(=O)[C@@H]3CCCN3C2=O)c1. The maximum atomic E-state index is 14.5. The zero-order valence-corrected chi connectivity index (χ0v) is 32.2. The number of carbonyl (C=O) groups is 7. The van der Waals surface area contributed by atoms with E-state index in [1.807, 2.05) is 37.3 Å². The Morgan fingerprint density at radius 3 is 2.32 bits per heavy atom. The molecule has 56 heavy (non-hydrogen) atoms. The summed E-state index contributed by atoms with van der Waals surface area (Å²) < 4.78 is 11.0. The number of cyclic esters (lactones) is 1. The van der Waals surface area contributed by atoms with E-state index in [2.05, 4.69) is 16.0 Å². The van der Waals surface area contributed by atoms with Gasteiger partial charge in [0.05, 0.1) is 13.5 Å². The topological polar surface area (TPSA) is 184 Å². The first-order valence-electron chi connectivity index (χ1n) is 19.6. The molecule has 0 bridgehead atoms. The fraction of sp³-hybridized carbons (Fsp3) is 0.537. The zero-order valence-electron chi connectivity index (χ0n) is 32.2. The number of ether oxygens (including phenoxy) is 2. The number of piperidine rings is 1. The van der Waals surface area contributed by atoms with Crippen molar-refractivity contribution in [3.05, 3.63) is 65.7 Å². The quantitative estimate of drug-likeness (QED) is 0.331.